The third kappa shape index (κ3) is 4.32. The molecule has 4 aromatic carbocycles. The van der Waals surface area contributed by atoms with Crippen molar-refractivity contribution in [3.8, 4) is 11.5 Å². The smallest absolute Gasteiger partial charge is 0.300 e. The number of ether oxygens (including phenoxy) is 2. The molecule has 6 heteroatoms. The number of carbonyl (C=O) groups is 2. The fraction of sp³-hybridized carbons (Fsp3) is 0.212. The summed E-state index contributed by atoms with van der Waals surface area (Å²) in [6.45, 7) is 7.23. The Morgan fingerprint density at radius 3 is 2.23 bits per heavy atom. The molecule has 2 aliphatic rings. The molecule has 4 aromatic rings. The number of aliphatic hydroxyl groups is 1. The Kier molecular flexibility index (Phi) is 5.91. The molecule has 1 atom stereocenters. The van der Waals surface area contributed by atoms with Gasteiger partial charge in [-0.3, -0.25) is 14.5 Å². The van der Waals surface area contributed by atoms with Gasteiger partial charge in [0.2, 0.25) is 0 Å². The first kappa shape index (κ1) is 24.7. The summed E-state index contributed by atoms with van der Waals surface area (Å²) in [6, 6.07) is 25.5. The van der Waals surface area contributed by atoms with Crippen LogP contribution in [0.15, 0.2) is 90.5 Å². The van der Waals surface area contributed by atoms with Crippen molar-refractivity contribution in [1.29, 1.82) is 0 Å². The summed E-state index contributed by atoms with van der Waals surface area (Å²) in [5, 5.41) is 13.5. The van der Waals surface area contributed by atoms with E-state index in [0.717, 1.165) is 21.9 Å². The zero-order valence-electron chi connectivity index (χ0n) is 22.1. The van der Waals surface area contributed by atoms with Crippen LogP contribution in [0.2, 0.25) is 0 Å². The lowest BCUT2D eigenvalue weighted by molar-refractivity contribution is -0.132. The van der Waals surface area contributed by atoms with Crippen LogP contribution in [0.1, 0.15) is 43.5 Å². The Morgan fingerprint density at radius 2 is 1.51 bits per heavy atom. The van der Waals surface area contributed by atoms with E-state index >= 15 is 0 Å². The highest BCUT2D eigenvalue weighted by Gasteiger charge is 2.47. The number of amides is 1. The predicted octanol–water partition coefficient (Wildman–Crippen LogP) is 6.53. The molecule has 39 heavy (non-hydrogen) atoms. The van der Waals surface area contributed by atoms with Crippen LogP contribution in [-0.4, -0.2) is 30.0 Å². The van der Waals surface area contributed by atoms with E-state index < -0.39 is 17.7 Å². The fourth-order valence-electron chi connectivity index (χ4n) is 5.25. The average molecular weight is 520 g/mol. The second-order valence-electron chi connectivity index (χ2n) is 10.9. The molecular formula is C33H29NO5. The van der Waals surface area contributed by atoms with Gasteiger partial charge < -0.3 is 14.6 Å². The van der Waals surface area contributed by atoms with Gasteiger partial charge in [-0.1, -0.05) is 81.4 Å². The van der Waals surface area contributed by atoms with Gasteiger partial charge in [0.15, 0.2) is 11.5 Å². The Balaban J connectivity index is 1.53. The van der Waals surface area contributed by atoms with Crippen LogP contribution in [0, 0.1) is 0 Å². The van der Waals surface area contributed by atoms with Gasteiger partial charge in [0, 0.05) is 17.3 Å². The minimum atomic E-state index is -0.826. The van der Waals surface area contributed by atoms with Crippen molar-refractivity contribution in [2.24, 2.45) is 0 Å². The minimum Gasteiger partial charge on any atom is -0.507 e. The highest BCUT2D eigenvalue weighted by atomic mass is 16.6. The molecule has 0 saturated carbocycles. The molecule has 0 spiro atoms. The Bertz CT molecular complexity index is 1650. The van der Waals surface area contributed by atoms with E-state index in [4.69, 9.17) is 9.47 Å². The third-order valence-electron chi connectivity index (χ3n) is 7.36. The summed E-state index contributed by atoms with van der Waals surface area (Å²) in [7, 11) is 0. The van der Waals surface area contributed by atoms with Crippen LogP contribution in [0.4, 0.5) is 5.69 Å². The Hall–Kier alpha value is -4.58. The van der Waals surface area contributed by atoms with Crippen LogP contribution in [0.3, 0.4) is 0 Å². The first-order valence-corrected chi connectivity index (χ1v) is 13.0. The van der Waals surface area contributed by atoms with Crippen molar-refractivity contribution >= 4 is 33.9 Å². The van der Waals surface area contributed by atoms with E-state index in [2.05, 4.69) is 20.8 Å². The molecule has 6 nitrogen and oxygen atoms in total. The quantitative estimate of drug-likeness (QED) is 0.189. The summed E-state index contributed by atoms with van der Waals surface area (Å²) in [5.41, 5.74) is 2.79. The number of anilines is 1. The van der Waals surface area contributed by atoms with Crippen molar-refractivity contribution in [2.75, 3.05) is 18.1 Å². The van der Waals surface area contributed by atoms with Gasteiger partial charge in [-0.05, 0) is 45.5 Å². The van der Waals surface area contributed by atoms with Gasteiger partial charge in [-0.25, -0.2) is 0 Å². The van der Waals surface area contributed by atoms with Gasteiger partial charge in [0.25, 0.3) is 11.7 Å². The maximum Gasteiger partial charge on any atom is 0.300 e. The molecule has 2 aliphatic heterocycles. The Morgan fingerprint density at radius 1 is 0.821 bits per heavy atom. The van der Waals surface area contributed by atoms with Crippen molar-refractivity contribution in [1.82, 2.24) is 0 Å². The van der Waals surface area contributed by atoms with E-state index in [1.807, 2.05) is 60.7 Å². The lowest BCUT2D eigenvalue weighted by atomic mass is 9.85. The third-order valence-corrected chi connectivity index (χ3v) is 7.36. The fourth-order valence-corrected chi connectivity index (χ4v) is 5.25. The first-order chi connectivity index (χ1) is 18.7. The van der Waals surface area contributed by atoms with Crippen LogP contribution >= 0.6 is 0 Å². The normalized spacial score (nSPS) is 18.5. The highest BCUT2D eigenvalue weighted by molar-refractivity contribution is 6.51. The predicted molar refractivity (Wildman–Crippen MR) is 151 cm³/mol. The summed E-state index contributed by atoms with van der Waals surface area (Å²) in [6.07, 6.45) is 0. The molecule has 0 bridgehead atoms. The molecule has 196 valence electrons. The van der Waals surface area contributed by atoms with E-state index in [1.165, 1.54) is 4.90 Å². The number of benzene rings is 4. The number of hydrogen-bond donors (Lipinski definition) is 1. The van der Waals surface area contributed by atoms with Crippen molar-refractivity contribution in [3.05, 3.63) is 107 Å². The number of hydrogen-bond acceptors (Lipinski definition) is 5. The van der Waals surface area contributed by atoms with Gasteiger partial charge >= 0.3 is 0 Å². The number of fused-ring (bicyclic) bond motifs is 2. The highest BCUT2D eigenvalue weighted by Crippen LogP contribution is 2.45. The lowest BCUT2D eigenvalue weighted by Gasteiger charge is -2.28. The summed E-state index contributed by atoms with van der Waals surface area (Å²) < 4.78 is 11.4. The summed E-state index contributed by atoms with van der Waals surface area (Å²) in [5.74, 6) is -0.552. The van der Waals surface area contributed by atoms with Gasteiger partial charge in [-0.15, -0.1) is 0 Å². The minimum absolute atomic E-state index is 0.0497. The zero-order chi connectivity index (χ0) is 27.3. The molecule has 1 fully saturated rings. The molecular weight excluding hydrogens is 490 g/mol. The molecule has 2 heterocycles. The zero-order valence-corrected chi connectivity index (χ0v) is 22.1. The van der Waals surface area contributed by atoms with E-state index in [1.54, 1.807) is 24.3 Å². The SMILES string of the molecule is CC(C)(C)c1ccc(C2/C(=C(\O)c3ccc4ccccc4c3)C(=O)C(=O)N2c2ccc3c(c2)OCCO3)cc1. The number of ketones is 1. The molecule has 6 rings (SSSR count). The molecule has 1 amide bonds. The molecule has 0 aromatic heterocycles. The monoisotopic (exact) mass is 519 g/mol. The summed E-state index contributed by atoms with van der Waals surface area (Å²) >= 11 is 0. The molecule has 1 saturated heterocycles. The van der Waals surface area contributed by atoms with Crippen molar-refractivity contribution < 1.29 is 24.2 Å². The van der Waals surface area contributed by atoms with Crippen molar-refractivity contribution in [3.63, 3.8) is 0 Å². The van der Waals surface area contributed by atoms with Crippen LogP contribution < -0.4 is 14.4 Å². The molecule has 1 N–H and O–H groups in total. The van der Waals surface area contributed by atoms with E-state index in [-0.39, 0.29) is 16.7 Å². The van der Waals surface area contributed by atoms with Crippen LogP contribution in [0.25, 0.3) is 16.5 Å². The van der Waals surface area contributed by atoms with E-state index in [9.17, 15) is 14.7 Å². The number of rotatable bonds is 3. The van der Waals surface area contributed by atoms with Gasteiger partial charge in [-0.2, -0.15) is 0 Å². The van der Waals surface area contributed by atoms with Gasteiger partial charge in [0.05, 0.1) is 11.6 Å². The lowest BCUT2D eigenvalue weighted by Crippen LogP contribution is -2.29. The van der Waals surface area contributed by atoms with Crippen molar-refractivity contribution in [2.45, 2.75) is 32.2 Å². The second-order valence-corrected chi connectivity index (χ2v) is 10.9. The average Bonchev–Trinajstić information content (AvgIpc) is 3.21. The number of aliphatic hydroxyl groups excluding tert-OH is 1. The largest absolute Gasteiger partial charge is 0.507 e. The standard InChI is InChI=1S/C33H29NO5/c1-33(2,3)24-12-10-21(11-13-24)29-28(30(35)23-9-8-20-6-4-5-7-22(20)18-23)31(36)32(37)34(29)25-14-15-26-27(19-25)39-17-16-38-26/h4-15,18-19,29,35H,16-17H2,1-3H3/b30-28+. The Labute approximate surface area is 227 Å². The maximum absolute atomic E-state index is 13.6. The number of nitrogens with zero attached hydrogens (tertiary/aromatic N) is 1. The molecule has 1 unspecified atom stereocenters. The number of Topliss-reactive ketones (excluding diaryl/α,β-unsaturated/α-hetero) is 1. The maximum atomic E-state index is 13.6. The topological polar surface area (TPSA) is 76.1 Å². The van der Waals surface area contributed by atoms with Crippen LogP contribution in [0.5, 0.6) is 11.5 Å². The first-order valence-electron chi connectivity index (χ1n) is 13.0. The number of carbonyl (C=O) groups excluding carboxylic acids is 2. The second kappa shape index (κ2) is 9.31. The van der Waals surface area contributed by atoms with Gasteiger partial charge in [0.1, 0.15) is 19.0 Å². The van der Waals surface area contributed by atoms with Crippen LogP contribution in [-0.2, 0) is 15.0 Å². The molecule has 0 aliphatic carbocycles. The molecule has 0 radical (unpaired) electrons. The van der Waals surface area contributed by atoms with E-state index in [0.29, 0.717) is 36.0 Å². The summed E-state index contributed by atoms with van der Waals surface area (Å²) in [4.78, 5) is 28.6.